The van der Waals surface area contributed by atoms with E-state index in [1.54, 1.807) is 0 Å². The van der Waals surface area contributed by atoms with E-state index in [9.17, 15) is 4.79 Å². The Morgan fingerprint density at radius 3 is 3.17 bits per heavy atom. The maximum atomic E-state index is 10.5. The van der Waals surface area contributed by atoms with E-state index in [1.165, 1.54) is 4.90 Å². The Kier molecular flexibility index (Phi) is 2.88. The minimum atomic E-state index is -0.903. The predicted octanol–water partition coefficient (Wildman–Crippen LogP) is -0.148. The van der Waals surface area contributed by atoms with Gasteiger partial charge in [-0.2, -0.15) is 5.26 Å². The first-order valence-electron chi connectivity index (χ1n) is 3.82. The van der Waals surface area contributed by atoms with Crippen LogP contribution in [-0.2, 0) is 0 Å². The molecule has 1 heterocycles. The van der Waals surface area contributed by atoms with Crippen LogP contribution < -0.4 is 5.32 Å². The largest absolute Gasteiger partial charge is 0.465 e. The molecule has 12 heavy (non-hydrogen) atoms. The van der Waals surface area contributed by atoms with Crippen molar-refractivity contribution in [3.05, 3.63) is 0 Å². The minimum absolute atomic E-state index is 0.000139. The molecule has 1 atom stereocenters. The molecule has 5 heteroatoms. The van der Waals surface area contributed by atoms with Gasteiger partial charge >= 0.3 is 6.09 Å². The number of amides is 1. The summed E-state index contributed by atoms with van der Waals surface area (Å²) in [5.74, 6) is 0. The van der Waals surface area contributed by atoms with E-state index in [0.717, 1.165) is 0 Å². The maximum absolute atomic E-state index is 10.5. The SMILES string of the molecule is N#CC[C@H]1CN(C(=O)O)CCN1. The first-order chi connectivity index (χ1) is 5.74. The van der Waals surface area contributed by atoms with Gasteiger partial charge in [0.25, 0.3) is 0 Å². The van der Waals surface area contributed by atoms with E-state index in [2.05, 4.69) is 5.32 Å². The number of hydrogen-bond acceptors (Lipinski definition) is 3. The van der Waals surface area contributed by atoms with Crippen LogP contribution in [0.3, 0.4) is 0 Å². The molecule has 1 fully saturated rings. The molecule has 0 aromatic carbocycles. The number of nitriles is 1. The molecule has 0 spiro atoms. The highest BCUT2D eigenvalue weighted by atomic mass is 16.4. The van der Waals surface area contributed by atoms with E-state index >= 15 is 0 Å². The average molecular weight is 169 g/mol. The number of carbonyl (C=O) groups is 1. The summed E-state index contributed by atoms with van der Waals surface area (Å²) in [6.07, 6.45) is -0.538. The van der Waals surface area contributed by atoms with E-state index in [1.807, 2.05) is 6.07 Å². The number of hydrogen-bond donors (Lipinski definition) is 2. The van der Waals surface area contributed by atoms with Crippen molar-refractivity contribution in [3.63, 3.8) is 0 Å². The van der Waals surface area contributed by atoms with Crippen molar-refractivity contribution in [1.82, 2.24) is 10.2 Å². The first-order valence-corrected chi connectivity index (χ1v) is 3.82. The zero-order valence-corrected chi connectivity index (χ0v) is 6.66. The van der Waals surface area contributed by atoms with Crippen LogP contribution in [-0.4, -0.2) is 41.8 Å². The van der Waals surface area contributed by atoms with E-state index in [4.69, 9.17) is 10.4 Å². The lowest BCUT2D eigenvalue weighted by molar-refractivity contribution is 0.129. The van der Waals surface area contributed by atoms with Gasteiger partial charge in [-0.1, -0.05) is 0 Å². The summed E-state index contributed by atoms with van der Waals surface area (Å²) in [6, 6.07) is 2.01. The van der Waals surface area contributed by atoms with E-state index in [-0.39, 0.29) is 6.04 Å². The fourth-order valence-electron chi connectivity index (χ4n) is 1.25. The van der Waals surface area contributed by atoms with Crippen LogP contribution >= 0.6 is 0 Å². The lowest BCUT2D eigenvalue weighted by atomic mass is 10.1. The molecule has 0 unspecified atom stereocenters. The number of carboxylic acid groups (broad SMARTS) is 1. The third-order valence-electron chi connectivity index (χ3n) is 1.86. The smallest absolute Gasteiger partial charge is 0.407 e. The Morgan fingerprint density at radius 2 is 2.58 bits per heavy atom. The molecule has 0 saturated carbocycles. The summed E-state index contributed by atoms with van der Waals surface area (Å²) < 4.78 is 0. The second kappa shape index (κ2) is 3.93. The molecule has 0 aromatic rings. The van der Waals surface area contributed by atoms with Crippen LogP contribution in [0.1, 0.15) is 6.42 Å². The van der Waals surface area contributed by atoms with Crippen LogP contribution in [0, 0.1) is 11.3 Å². The summed E-state index contributed by atoms with van der Waals surface area (Å²) in [4.78, 5) is 11.9. The molecule has 0 aromatic heterocycles. The molecule has 0 bridgehead atoms. The molecule has 0 aliphatic carbocycles. The fraction of sp³-hybridized carbons (Fsp3) is 0.714. The van der Waals surface area contributed by atoms with Gasteiger partial charge in [-0.05, 0) is 0 Å². The van der Waals surface area contributed by atoms with Gasteiger partial charge in [0.05, 0.1) is 12.5 Å². The summed E-state index contributed by atoms with van der Waals surface area (Å²) in [5, 5.41) is 20.1. The molecule has 5 nitrogen and oxygen atoms in total. The number of piperazine rings is 1. The quantitative estimate of drug-likeness (QED) is 0.572. The van der Waals surface area contributed by atoms with Crippen molar-refractivity contribution in [2.24, 2.45) is 0 Å². The molecule has 66 valence electrons. The van der Waals surface area contributed by atoms with E-state index in [0.29, 0.717) is 26.1 Å². The maximum Gasteiger partial charge on any atom is 0.407 e. The van der Waals surface area contributed by atoms with Crippen LogP contribution in [0.4, 0.5) is 4.79 Å². The molecule has 1 amide bonds. The third-order valence-corrected chi connectivity index (χ3v) is 1.86. The standard InChI is InChI=1S/C7H11N3O2/c8-2-1-6-5-10(7(11)12)4-3-9-6/h6,9H,1,3-5H2,(H,11,12)/t6-/m0/s1. The molecular weight excluding hydrogens is 158 g/mol. The molecule has 1 saturated heterocycles. The summed E-state index contributed by atoms with van der Waals surface area (Å²) >= 11 is 0. The Bertz CT molecular complexity index is 211. The Morgan fingerprint density at radius 1 is 1.83 bits per heavy atom. The summed E-state index contributed by atoms with van der Waals surface area (Å²) in [5.41, 5.74) is 0. The summed E-state index contributed by atoms with van der Waals surface area (Å²) in [6.45, 7) is 1.57. The van der Waals surface area contributed by atoms with Crippen LogP contribution in [0.15, 0.2) is 0 Å². The Labute approximate surface area is 70.6 Å². The lowest BCUT2D eigenvalue weighted by Gasteiger charge is -2.30. The molecule has 2 N–H and O–H groups in total. The van der Waals surface area contributed by atoms with Crippen molar-refractivity contribution in [2.45, 2.75) is 12.5 Å². The second-order valence-corrected chi connectivity index (χ2v) is 2.74. The van der Waals surface area contributed by atoms with Crippen LogP contribution in [0.25, 0.3) is 0 Å². The zero-order valence-electron chi connectivity index (χ0n) is 6.66. The van der Waals surface area contributed by atoms with Crippen molar-refractivity contribution in [2.75, 3.05) is 19.6 Å². The van der Waals surface area contributed by atoms with E-state index < -0.39 is 6.09 Å². The van der Waals surface area contributed by atoms with Gasteiger partial charge in [0.1, 0.15) is 0 Å². The monoisotopic (exact) mass is 169 g/mol. The van der Waals surface area contributed by atoms with Crippen molar-refractivity contribution >= 4 is 6.09 Å². The van der Waals surface area contributed by atoms with Gasteiger partial charge in [-0.25, -0.2) is 4.79 Å². The zero-order chi connectivity index (χ0) is 8.97. The van der Waals surface area contributed by atoms with Crippen LogP contribution in [0.5, 0.6) is 0 Å². The normalized spacial score (nSPS) is 23.2. The van der Waals surface area contributed by atoms with Crippen molar-refractivity contribution in [1.29, 1.82) is 5.26 Å². The highest BCUT2D eigenvalue weighted by Gasteiger charge is 2.21. The van der Waals surface area contributed by atoms with Crippen molar-refractivity contribution in [3.8, 4) is 6.07 Å². The number of nitrogens with zero attached hydrogens (tertiary/aromatic N) is 2. The van der Waals surface area contributed by atoms with Gasteiger partial charge in [-0.3, -0.25) is 0 Å². The fourth-order valence-corrected chi connectivity index (χ4v) is 1.25. The van der Waals surface area contributed by atoms with Gasteiger partial charge in [0, 0.05) is 25.7 Å². The van der Waals surface area contributed by atoms with Gasteiger partial charge in [-0.15, -0.1) is 0 Å². The first kappa shape index (κ1) is 8.81. The minimum Gasteiger partial charge on any atom is -0.465 e. The Hall–Kier alpha value is -1.28. The second-order valence-electron chi connectivity index (χ2n) is 2.74. The van der Waals surface area contributed by atoms with Crippen LogP contribution in [0.2, 0.25) is 0 Å². The van der Waals surface area contributed by atoms with Gasteiger partial charge < -0.3 is 15.3 Å². The third kappa shape index (κ3) is 2.10. The lowest BCUT2D eigenvalue weighted by Crippen LogP contribution is -2.52. The van der Waals surface area contributed by atoms with Gasteiger partial charge in [0.15, 0.2) is 0 Å². The average Bonchev–Trinajstić information content (AvgIpc) is 2.05. The topological polar surface area (TPSA) is 76.4 Å². The molecule has 1 rings (SSSR count). The highest BCUT2D eigenvalue weighted by molar-refractivity contribution is 5.65. The molecular formula is C7H11N3O2. The molecule has 0 radical (unpaired) electrons. The molecule has 1 aliphatic heterocycles. The Balaban J connectivity index is 2.41. The predicted molar refractivity (Wildman–Crippen MR) is 41.6 cm³/mol. The summed E-state index contributed by atoms with van der Waals surface area (Å²) in [7, 11) is 0. The van der Waals surface area contributed by atoms with Crippen molar-refractivity contribution < 1.29 is 9.90 Å². The van der Waals surface area contributed by atoms with Gasteiger partial charge in [0.2, 0.25) is 0 Å². The highest BCUT2D eigenvalue weighted by Crippen LogP contribution is 2.01. The number of rotatable bonds is 1. The molecule has 1 aliphatic rings. The number of nitrogens with one attached hydrogen (secondary N) is 1.